The fourth-order valence-electron chi connectivity index (χ4n) is 3.24. The van der Waals surface area contributed by atoms with Gasteiger partial charge in [-0.25, -0.2) is 0 Å². The number of aromatic nitrogens is 1. The number of rotatable bonds is 6. The second kappa shape index (κ2) is 8.14. The molecule has 5 nitrogen and oxygen atoms in total. The van der Waals surface area contributed by atoms with Crippen LogP contribution >= 0.6 is 15.9 Å². The van der Waals surface area contributed by atoms with Gasteiger partial charge >= 0.3 is 0 Å². The van der Waals surface area contributed by atoms with Gasteiger partial charge in [0.25, 0.3) is 0 Å². The van der Waals surface area contributed by atoms with Crippen molar-refractivity contribution in [1.82, 2.24) is 4.98 Å². The van der Waals surface area contributed by atoms with Crippen molar-refractivity contribution in [2.45, 2.75) is 37.8 Å². The minimum absolute atomic E-state index is 0.0797. The number of anilines is 1. The van der Waals surface area contributed by atoms with Gasteiger partial charge in [0.15, 0.2) is 0 Å². The molecule has 0 aliphatic heterocycles. The number of nitrogens with one attached hydrogen (secondary N) is 2. The number of pyridine rings is 1. The normalized spacial score (nSPS) is 21.1. The van der Waals surface area contributed by atoms with Crippen LogP contribution in [0.25, 0.3) is 10.9 Å². The summed E-state index contributed by atoms with van der Waals surface area (Å²) in [6.45, 7) is 1.30. The Balaban J connectivity index is 1.66. The Bertz CT molecular complexity index is 739. The molecule has 0 amide bonds. The maximum Gasteiger partial charge on any atom is 0.250 e. The number of ether oxygens (including phenoxy) is 2. The molecule has 2 N–H and O–H groups in total. The van der Waals surface area contributed by atoms with E-state index in [2.05, 4.69) is 26.2 Å². The van der Waals surface area contributed by atoms with Crippen molar-refractivity contribution < 1.29 is 9.47 Å². The Kier molecular flexibility index (Phi) is 5.92. The van der Waals surface area contributed by atoms with E-state index in [-0.39, 0.29) is 5.56 Å². The summed E-state index contributed by atoms with van der Waals surface area (Å²) < 4.78 is 11.8. The van der Waals surface area contributed by atoms with Crippen LogP contribution in [0.15, 0.2) is 33.5 Å². The van der Waals surface area contributed by atoms with Crippen LogP contribution in [0.2, 0.25) is 0 Å². The fraction of sp³-hybridized carbons (Fsp3) is 0.500. The molecular formula is C18H23BrN2O3. The molecule has 1 aliphatic rings. The van der Waals surface area contributed by atoms with E-state index in [1.165, 1.54) is 0 Å². The molecule has 0 radical (unpaired) electrons. The summed E-state index contributed by atoms with van der Waals surface area (Å²) in [6, 6.07) is 7.91. The molecule has 1 heterocycles. The molecule has 130 valence electrons. The van der Waals surface area contributed by atoms with Crippen molar-refractivity contribution in [2.24, 2.45) is 0 Å². The minimum atomic E-state index is -0.0797. The number of hydrogen-bond donors (Lipinski definition) is 2. The first kappa shape index (κ1) is 17.5. The van der Waals surface area contributed by atoms with E-state index in [0.717, 1.165) is 46.7 Å². The summed E-state index contributed by atoms with van der Waals surface area (Å²) in [6.07, 6.45) is 4.47. The van der Waals surface area contributed by atoms with Crippen molar-refractivity contribution in [3.05, 3.63) is 39.1 Å². The average molecular weight is 395 g/mol. The van der Waals surface area contributed by atoms with E-state index in [4.69, 9.17) is 9.47 Å². The molecule has 0 bridgehead atoms. The van der Waals surface area contributed by atoms with E-state index in [9.17, 15) is 4.79 Å². The van der Waals surface area contributed by atoms with Crippen LogP contribution in [-0.4, -0.2) is 37.5 Å². The number of hydrogen-bond acceptors (Lipinski definition) is 4. The van der Waals surface area contributed by atoms with Crippen LogP contribution in [0.4, 0.5) is 5.69 Å². The Morgan fingerprint density at radius 2 is 2.00 bits per heavy atom. The first-order valence-electron chi connectivity index (χ1n) is 8.35. The van der Waals surface area contributed by atoms with E-state index in [0.29, 0.717) is 25.4 Å². The Labute approximate surface area is 149 Å². The third-order valence-corrected chi connectivity index (χ3v) is 4.97. The predicted molar refractivity (Wildman–Crippen MR) is 99.8 cm³/mol. The molecule has 2 aromatic rings. The zero-order chi connectivity index (χ0) is 16.9. The van der Waals surface area contributed by atoms with Gasteiger partial charge < -0.3 is 19.8 Å². The van der Waals surface area contributed by atoms with Crippen molar-refractivity contribution in [3.63, 3.8) is 0 Å². The molecule has 1 aromatic heterocycles. The third-order valence-electron chi connectivity index (χ3n) is 4.48. The van der Waals surface area contributed by atoms with Crippen LogP contribution < -0.4 is 10.9 Å². The van der Waals surface area contributed by atoms with E-state index in [1.807, 2.05) is 18.2 Å². The number of aromatic amines is 1. The average Bonchev–Trinajstić information content (AvgIpc) is 2.57. The smallest absolute Gasteiger partial charge is 0.250 e. The number of fused-ring (bicyclic) bond motifs is 1. The summed E-state index contributed by atoms with van der Waals surface area (Å²) in [4.78, 5) is 14.8. The van der Waals surface area contributed by atoms with Gasteiger partial charge in [0.05, 0.1) is 24.8 Å². The number of methoxy groups -OCH3 is 1. The van der Waals surface area contributed by atoms with E-state index in [1.54, 1.807) is 13.2 Å². The first-order chi connectivity index (χ1) is 11.7. The van der Waals surface area contributed by atoms with Crippen LogP contribution in [0.3, 0.4) is 0 Å². The molecule has 1 aromatic carbocycles. The molecule has 3 rings (SSSR count). The van der Waals surface area contributed by atoms with Crippen molar-refractivity contribution >= 4 is 32.5 Å². The molecule has 0 atom stereocenters. The maximum atomic E-state index is 11.9. The molecule has 0 unspecified atom stereocenters. The number of H-pyrrole nitrogens is 1. The molecule has 1 aliphatic carbocycles. The highest BCUT2D eigenvalue weighted by atomic mass is 79.9. The standard InChI is InChI=1S/C18H23BrN2O3/c1-23-8-9-24-14-5-3-13(4-6-14)20-17-11-18(22)21-16-7-2-12(19)10-15(16)17/h2,7,10-11,13-14H,3-6,8-9H2,1H3,(H2,20,21,22)/t13-,14-. The fourth-order valence-corrected chi connectivity index (χ4v) is 3.60. The molecule has 24 heavy (non-hydrogen) atoms. The number of halogens is 1. The van der Waals surface area contributed by atoms with Gasteiger partial charge in [0.2, 0.25) is 5.56 Å². The zero-order valence-electron chi connectivity index (χ0n) is 13.8. The molecular weight excluding hydrogens is 372 g/mol. The minimum Gasteiger partial charge on any atom is -0.382 e. The Morgan fingerprint density at radius 3 is 2.75 bits per heavy atom. The van der Waals surface area contributed by atoms with Gasteiger partial charge in [-0.3, -0.25) is 4.79 Å². The van der Waals surface area contributed by atoms with Crippen molar-refractivity contribution in [2.75, 3.05) is 25.6 Å². The van der Waals surface area contributed by atoms with Gasteiger partial charge in [-0.2, -0.15) is 0 Å². The van der Waals surface area contributed by atoms with Gasteiger partial charge in [-0.1, -0.05) is 15.9 Å². The molecule has 1 saturated carbocycles. The topological polar surface area (TPSA) is 63.4 Å². The largest absolute Gasteiger partial charge is 0.382 e. The van der Waals surface area contributed by atoms with Crippen LogP contribution in [0.1, 0.15) is 25.7 Å². The predicted octanol–water partition coefficient (Wildman–Crippen LogP) is 3.68. The monoisotopic (exact) mass is 394 g/mol. The molecule has 0 saturated heterocycles. The third kappa shape index (κ3) is 4.37. The lowest BCUT2D eigenvalue weighted by atomic mass is 9.92. The second-order valence-electron chi connectivity index (χ2n) is 6.22. The summed E-state index contributed by atoms with van der Waals surface area (Å²) in [5, 5.41) is 4.59. The van der Waals surface area contributed by atoms with E-state index >= 15 is 0 Å². The molecule has 0 spiro atoms. The Morgan fingerprint density at radius 1 is 1.21 bits per heavy atom. The molecule has 6 heteroatoms. The Hall–Kier alpha value is -1.37. The highest BCUT2D eigenvalue weighted by Gasteiger charge is 2.22. The van der Waals surface area contributed by atoms with Gasteiger partial charge in [0, 0.05) is 34.8 Å². The van der Waals surface area contributed by atoms with Crippen LogP contribution in [-0.2, 0) is 9.47 Å². The van der Waals surface area contributed by atoms with Gasteiger partial charge in [-0.05, 0) is 43.9 Å². The van der Waals surface area contributed by atoms with Crippen molar-refractivity contribution in [3.8, 4) is 0 Å². The first-order valence-corrected chi connectivity index (χ1v) is 9.14. The summed E-state index contributed by atoms with van der Waals surface area (Å²) in [5.74, 6) is 0. The highest BCUT2D eigenvalue weighted by molar-refractivity contribution is 9.10. The van der Waals surface area contributed by atoms with Crippen LogP contribution in [0, 0.1) is 0 Å². The summed E-state index contributed by atoms with van der Waals surface area (Å²) >= 11 is 3.50. The SMILES string of the molecule is COCCO[C@H]1CC[C@H](Nc2cc(=O)[nH]c3ccc(Br)cc23)CC1. The quantitative estimate of drug-likeness (QED) is 0.733. The summed E-state index contributed by atoms with van der Waals surface area (Å²) in [7, 11) is 1.69. The van der Waals surface area contributed by atoms with Crippen molar-refractivity contribution in [1.29, 1.82) is 0 Å². The van der Waals surface area contributed by atoms with Gasteiger partial charge in [0.1, 0.15) is 0 Å². The zero-order valence-corrected chi connectivity index (χ0v) is 15.4. The lowest BCUT2D eigenvalue weighted by Gasteiger charge is -2.30. The lowest BCUT2D eigenvalue weighted by Crippen LogP contribution is -2.30. The maximum absolute atomic E-state index is 11.9. The van der Waals surface area contributed by atoms with E-state index < -0.39 is 0 Å². The lowest BCUT2D eigenvalue weighted by molar-refractivity contribution is -0.00154. The van der Waals surface area contributed by atoms with Gasteiger partial charge in [-0.15, -0.1) is 0 Å². The summed E-state index contributed by atoms with van der Waals surface area (Å²) in [5.41, 5.74) is 1.67. The number of benzene rings is 1. The van der Waals surface area contributed by atoms with Crippen LogP contribution in [0.5, 0.6) is 0 Å². The molecule has 1 fully saturated rings. The highest BCUT2D eigenvalue weighted by Crippen LogP contribution is 2.28. The second-order valence-corrected chi connectivity index (χ2v) is 7.13.